The van der Waals surface area contributed by atoms with Crippen LogP contribution in [0.15, 0.2) is 78.0 Å². The number of carboxylic acid groups (broad SMARTS) is 1. The number of halogens is 3. The number of nitro groups is 1. The lowest BCUT2D eigenvalue weighted by Gasteiger charge is -2.08. The Hall–Kier alpha value is -4.67. The van der Waals surface area contributed by atoms with E-state index in [9.17, 15) is 33.2 Å². The molecule has 0 saturated heterocycles. The Balaban J connectivity index is 1.62. The molecule has 11 heteroatoms. The van der Waals surface area contributed by atoms with E-state index in [0.717, 1.165) is 28.6 Å². The highest BCUT2D eigenvalue weighted by molar-refractivity contribution is 5.99. The molecule has 35 heavy (non-hydrogen) atoms. The third-order valence-electron chi connectivity index (χ3n) is 5.26. The zero-order valence-electron chi connectivity index (χ0n) is 17.9. The quantitative estimate of drug-likeness (QED) is 0.198. The molecule has 1 heterocycles. The summed E-state index contributed by atoms with van der Waals surface area (Å²) in [4.78, 5) is 21.6. The highest BCUT2D eigenvalue weighted by atomic mass is 19.4. The van der Waals surface area contributed by atoms with Gasteiger partial charge in [-0.2, -0.15) is 18.3 Å². The fourth-order valence-electron chi connectivity index (χ4n) is 3.63. The van der Waals surface area contributed by atoms with Gasteiger partial charge < -0.3 is 9.67 Å². The number of anilines is 1. The van der Waals surface area contributed by atoms with Gasteiger partial charge in [0.25, 0.3) is 5.69 Å². The van der Waals surface area contributed by atoms with E-state index in [1.807, 2.05) is 28.8 Å². The van der Waals surface area contributed by atoms with Crippen molar-refractivity contribution in [1.29, 1.82) is 0 Å². The summed E-state index contributed by atoms with van der Waals surface area (Å²) in [5.41, 5.74) is 2.82. The molecule has 178 valence electrons. The molecule has 0 atom stereocenters. The van der Waals surface area contributed by atoms with E-state index >= 15 is 0 Å². The van der Waals surface area contributed by atoms with E-state index in [-0.39, 0.29) is 11.3 Å². The molecule has 0 fully saturated rings. The fourth-order valence-corrected chi connectivity index (χ4v) is 3.63. The molecule has 2 N–H and O–H groups in total. The van der Waals surface area contributed by atoms with Crippen LogP contribution in [0.25, 0.3) is 10.9 Å². The summed E-state index contributed by atoms with van der Waals surface area (Å²) >= 11 is 0. The lowest BCUT2D eigenvalue weighted by Crippen LogP contribution is -2.06. The van der Waals surface area contributed by atoms with Crippen molar-refractivity contribution in [2.45, 2.75) is 12.7 Å². The molecule has 0 aliphatic heterocycles. The zero-order valence-corrected chi connectivity index (χ0v) is 17.9. The third kappa shape index (κ3) is 5.13. The molecule has 0 bridgehead atoms. The van der Waals surface area contributed by atoms with E-state index in [1.165, 1.54) is 12.3 Å². The number of hydrogen-bond acceptors (Lipinski definition) is 5. The fraction of sp³-hybridized carbons (Fsp3) is 0.0833. The molecule has 0 aliphatic carbocycles. The van der Waals surface area contributed by atoms with Gasteiger partial charge in [0.1, 0.15) is 5.69 Å². The summed E-state index contributed by atoms with van der Waals surface area (Å²) in [5.74, 6) is -1.03. The minimum Gasteiger partial charge on any atom is -0.478 e. The number of rotatable bonds is 7. The molecule has 0 amide bonds. The van der Waals surface area contributed by atoms with Crippen LogP contribution in [0.5, 0.6) is 0 Å². The van der Waals surface area contributed by atoms with Crippen molar-refractivity contribution >= 4 is 34.5 Å². The number of nitro benzene ring substituents is 1. The van der Waals surface area contributed by atoms with Crippen LogP contribution in [-0.4, -0.2) is 26.8 Å². The monoisotopic (exact) mass is 482 g/mol. The van der Waals surface area contributed by atoms with Crippen LogP contribution in [0.1, 0.15) is 27.0 Å². The largest absolute Gasteiger partial charge is 0.478 e. The minimum absolute atomic E-state index is 0.170. The second-order valence-electron chi connectivity index (χ2n) is 7.59. The van der Waals surface area contributed by atoms with Gasteiger partial charge in [0.2, 0.25) is 0 Å². The van der Waals surface area contributed by atoms with Gasteiger partial charge in [0.15, 0.2) is 0 Å². The van der Waals surface area contributed by atoms with Gasteiger partial charge in [-0.15, -0.1) is 0 Å². The molecule has 4 aromatic rings. The third-order valence-corrected chi connectivity index (χ3v) is 5.26. The Morgan fingerprint density at radius 2 is 1.89 bits per heavy atom. The lowest BCUT2D eigenvalue weighted by atomic mass is 10.1. The maximum atomic E-state index is 12.9. The highest BCUT2D eigenvalue weighted by Gasteiger charge is 2.33. The number of hydrogen-bond donors (Lipinski definition) is 2. The van der Waals surface area contributed by atoms with Crippen LogP contribution in [0.2, 0.25) is 0 Å². The number of carboxylic acids is 1. The molecule has 8 nitrogen and oxygen atoms in total. The average Bonchev–Trinajstić information content (AvgIpc) is 3.16. The lowest BCUT2D eigenvalue weighted by molar-refractivity contribution is -0.384. The molecule has 3 aromatic carbocycles. The summed E-state index contributed by atoms with van der Waals surface area (Å²) < 4.78 is 40.6. The van der Waals surface area contributed by atoms with Gasteiger partial charge in [0.05, 0.1) is 22.3 Å². The van der Waals surface area contributed by atoms with E-state index in [4.69, 9.17) is 0 Å². The van der Waals surface area contributed by atoms with Crippen molar-refractivity contribution in [2.75, 3.05) is 5.43 Å². The Morgan fingerprint density at radius 1 is 1.11 bits per heavy atom. The summed E-state index contributed by atoms with van der Waals surface area (Å²) in [5, 5.41) is 25.3. The van der Waals surface area contributed by atoms with Gasteiger partial charge >= 0.3 is 12.1 Å². The molecular weight excluding hydrogens is 465 g/mol. The van der Waals surface area contributed by atoms with Crippen LogP contribution in [0.4, 0.5) is 24.5 Å². The van der Waals surface area contributed by atoms with Crippen molar-refractivity contribution < 1.29 is 28.0 Å². The molecule has 4 rings (SSSR count). The first-order chi connectivity index (χ1) is 16.6. The van der Waals surface area contributed by atoms with Gasteiger partial charge in [0, 0.05) is 35.3 Å². The molecule has 0 spiro atoms. The maximum absolute atomic E-state index is 12.9. The van der Waals surface area contributed by atoms with Crippen LogP contribution in [0, 0.1) is 10.1 Å². The number of nitrogens with one attached hydrogen (secondary N) is 1. The van der Waals surface area contributed by atoms with E-state index in [2.05, 4.69) is 10.5 Å². The van der Waals surface area contributed by atoms with Gasteiger partial charge in [-0.25, -0.2) is 4.79 Å². The van der Waals surface area contributed by atoms with Crippen molar-refractivity contribution in [3.8, 4) is 0 Å². The summed E-state index contributed by atoms with van der Waals surface area (Å²) in [6, 6.07) is 16.1. The summed E-state index contributed by atoms with van der Waals surface area (Å²) in [6.45, 7) is 0.382. The van der Waals surface area contributed by atoms with Crippen molar-refractivity contribution in [2.24, 2.45) is 5.10 Å². The number of nitrogens with zero attached hydrogens (tertiary/aromatic N) is 3. The number of benzene rings is 3. The van der Waals surface area contributed by atoms with Gasteiger partial charge in [-0.3, -0.25) is 15.5 Å². The first-order valence-corrected chi connectivity index (χ1v) is 10.2. The Bertz CT molecular complexity index is 1460. The normalized spacial score (nSPS) is 11.7. The minimum atomic E-state index is -4.71. The number of aromatic carboxylic acids is 1. The Labute approximate surface area is 196 Å². The highest BCUT2D eigenvalue weighted by Crippen LogP contribution is 2.35. The van der Waals surface area contributed by atoms with Crippen LogP contribution in [0.3, 0.4) is 0 Å². The van der Waals surface area contributed by atoms with Gasteiger partial charge in [-0.1, -0.05) is 30.3 Å². The predicted molar refractivity (Wildman–Crippen MR) is 124 cm³/mol. The Kier molecular flexibility index (Phi) is 6.24. The summed E-state index contributed by atoms with van der Waals surface area (Å²) in [7, 11) is 0. The SMILES string of the molecule is O=C(O)c1cccc(Cn2cc(/C=N\Nc3ccc(C(F)(F)F)cc3[N+](=O)[O-])c3ccccc32)c1. The number of fused-ring (bicyclic) bond motifs is 1. The maximum Gasteiger partial charge on any atom is 0.416 e. The Morgan fingerprint density at radius 3 is 2.60 bits per heavy atom. The first-order valence-electron chi connectivity index (χ1n) is 10.2. The number of carbonyl (C=O) groups is 1. The molecule has 1 aromatic heterocycles. The summed E-state index contributed by atoms with van der Waals surface area (Å²) in [6.07, 6.45) is -1.52. The van der Waals surface area contributed by atoms with E-state index in [1.54, 1.807) is 24.4 Å². The molecular formula is C24H17F3N4O4. The molecule has 0 saturated carbocycles. The molecule has 0 unspecified atom stereocenters. The van der Waals surface area contributed by atoms with E-state index in [0.29, 0.717) is 18.2 Å². The topological polar surface area (TPSA) is 110 Å². The van der Waals surface area contributed by atoms with Crippen molar-refractivity contribution in [3.05, 3.63) is 105 Å². The number of alkyl halides is 3. The standard InChI is InChI=1S/C24H17F3N4O4/c25-24(26,27)18-8-9-20(22(11-18)31(34)35)29-28-12-17-14-30(21-7-2-1-6-19(17)21)13-15-4-3-5-16(10-15)23(32)33/h1-12,14,29H,13H2,(H,32,33)/b28-12-. The predicted octanol–water partition coefficient (Wildman–Crippen LogP) is 5.76. The number of para-hydroxylation sites is 1. The number of aromatic nitrogens is 1. The smallest absolute Gasteiger partial charge is 0.416 e. The molecule has 0 radical (unpaired) electrons. The second-order valence-corrected chi connectivity index (χ2v) is 7.59. The zero-order chi connectivity index (χ0) is 25.2. The van der Waals surface area contributed by atoms with Crippen molar-refractivity contribution in [1.82, 2.24) is 4.57 Å². The van der Waals surface area contributed by atoms with E-state index < -0.39 is 28.3 Å². The number of hydrazone groups is 1. The first kappa shape index (κ1) is 23.5. The van der Waals surface area contributed by atoms with Crippen LogP contribution in [-0.2, 0) is 12.7 Å². The van der Waals surface area contributed by atoms with Crippen molar-refractivity contribution in [3.63, 3.8) is 0 Å². The molecule has 0 aliphatic rings. The van der Waals surface area contributed by atoms with Crippen LogP contribution < -0.4 is 5.43 Å². The van der Waals surface area contributed by atoms with Crippen LogP contribution >= 0.6 is 0 Å². The van der Waals surface area contributed by atoms with Gasteiger partial charge in [-0.05, 0) is 35.9 Å². The second kappa shape index (κ2) is 9.29. The average molecular weight is 482 g/mol.